The third kappa shape index (κ3) is 7.29. The number of carbonyl (C=O) groups is 2. The van der Waals surface area contributed by atoms with E-state index in [4.69, 9.17) is 11.6 Å². The predicted molar refractivity (Wildman–Crippen MR) is 129 cm³/mol. The van der Waals surface area contributed by atoms with Crippen LogP contribution in [0.15, 0.2) is 48.5 Å². The minimum absolute atomic E-state index is 0.0198. The third-order valence-electron chi connectivity index (χ3n) is 5.75. The highest BCUT2D eigenvalue weighted by Gasteiger charge is 2.28. The molecule has 1 aliphatic rings. The van der Waals surface area contributed by atoms with E-state index in [9.17, 15) is 9.59 Å². The van der Waals surface area contributed by atoms with Gasteiger partial charge in [0.15, 0.2) is 0 Å². The van der Waals surface area contributed by atoms with Crippen molar-refractivity contribution in [1.82, 2.24) is 10.2 Å². The van der Waals surface area contributed by atoms with E-state index in [1.165, 1.54) is 5.56 Å². The molecule has 0 spiro atoms. The highest BCUT2D eigenvalue weighted by molar-refractivity contribution is 7.99. The maximum atomic E-state index is 13.1. The molecule has 0 heterocycles. The van der Waals surface area contributed by atoms with Gasteiger partial charge in [0.2, 0.25) is 11.8 Å². The molecule has 0 aromatic heterocycles. The number of hydrogen-bond acceptors (Lipinski definition) is 3. The Morgan fingerprint density at radius 1 is 1.06 bits per heavy atom. The minimum Gasteiger partial charge on any atom is -0.352 e. The van der Waals surface area contributed by atoms with Gasteiger partial charge in [0.05, 0.1) is 5.75 Å². The van der Waals surface area contributed by atoms with E-state index in [0.717, 1.165) is 42.6 Å². The predicted octanol–water partition coefficient (Wildman–Crippen LogP) is 5.36. The standard InChI is InChI=1S/C25H31ClN2O2S/c1-18-7-9-20(10-8-18)15-28(19(2)25(30)27-23-5-3-4-6-23)24(29)17-31-16-21-11-13-22(26)14-12-21/h7-14,19,23H,3-6,15-17H2,1-2H3,(H,27,30)/t19-/m1/s1. The van der Waals surface area contributed by atoms with Gasteiger partial charge in [0, 0.05) is 23.4 Å². The summed E-state index contributed by atoms with van der Waals surface area (Å²) in [7, 11) is 0. The Balaban J connectivity index is 1.64. The number of aryl methyl sites for hydroxylation is 1. The zero-order valence-corrected chi connectivity index (χ0v) is 19.8. The molecule has 1 fully saturated rings. The molecule has 2 aromatic carbocycles. The maximum absolute atomic E-state index is 13.1. The summed E-state index contributed by atoms with van der Waals surface area (Å²) in [6, 6.07) is 15.5. The molecule has 31 heavy (non-hydrogen) atoms. The van der Waals surface area contributed by atoms with E-state index in [0.29, 0.717) is 17.3 Å². The van der Waals surface area contributed by atoms with Gasteiger partial charge < -0.3 is 10.2 Å². The van der Waals surface area contributed by atoms with Crippen LogP contribution in [0.1, 0.15) is 49.3 Å². The smallest absolute Gasteiger partial charge is 0.242 e. The highest BCUT2D eigenvalue weighted by atomic mass is 35.5. The number of hydrogen-bond donors (Lipinski definition) is 1. The lowest BCUT2D eigenvalue weighted by atomic mass is 10.1. The van der Waals surface area contributed by atoms with E-state index in [-0.39, 0.29) is 17.9 Å². The number of rotatable bonds is 9. The van der Waals surface area contributed by atoms with Crippen molar-refractivity contribution in [3.63, 3.8) is 0 Å². The second-order valence-corrected chi connectivity index (χ2v) is 9.71. The number of nitrogens with one attached hydrogen (secondary N) is 1. The molecule has 3 rings (SSSR count). The number of benzene rings is 2. The summed E-state index contributed by atoms with van der Waals surface area (Å²) >= 11 is 7.50. The van der Waals surface area contributed by atoms with Crippen LogP contribution < -0.4 is 5.32 Å². The fourth-order valence-corrected chi connectivity index (χ4v) is 4.78. The molecular formula is C25H31ClN2O2S. The number of carbonyl (C=O) groups excluding carboxylic acids is 2. The Labute approximate surface area is 194 Å². The van der Waals surface area contributed by atoms with Crippen LogP contribution in [-0.2, 0) is 21.9 Å². The lowest BCUT2D eigenvalue weighted by Crippen LogP contribution is -2.50. The van der Waals surface area contributed by atoms with Crippen LogP contribution in [0.5, 0.6) is 0 Å². The van der Waals surface area contributed by atoms with Gasteiger partial charge in [-0.3, -0.25) is 9.59 Å². The summed E-state index contributed by atoms with van der Waals surface area (Å²) in [5.41, 5.74) is 3.33. The van der Waals surface area contributed by atoms with Crippen LogP contribution in [0.4, 0.5) is 0 Å². The van der Waals surface area contributed by atoms with E-state index in [1.54, 1.807) is 16.7 Å². The first-order valence-corrected chi connectivity index (χ1v) is 12.4. The number of nitrogens with zero attached hydrogens (tertiary/aromatic N) is 1. The van der Waals surface area contributed by atoms with Gasteiger partial charge in [-0.15, -0.1) is 11.8 Å². The lowest BCUT2D eigenvalue weighted by molar-refractivity contribution is -0.138. The molecule has 6 heteroatoms. The van der Waals surface area contributed by atoms with Crippen molar-refractivity contribution in [2.45, 2.75) is 63.9 Å². The summed E-state index contributed by atoms with van der Waals surface area (Å²) in [4.78, 5) is 27.8. The molecule has 1 N–H and O–H groups in total. The second kappa shape index (κ2) is 11.6. The van der Waals surface area contributed by atoms with Crippen LogP contribution >= 0.6 is 23.4 Å². The SMILES string of the molecule is Cc1ccc(CN(C(=O)CSCc2ccc(Cl)cc2)[C@H](C)C(=O)NC2CCCC2)cc1. The fraction of sp³-hybridized carbons (Fsp3) is 0.440. The Bertz CT molecular complexity index is 864. The van der Waals surface area contributed by atoms with Crippen LogP contribution in [0.3, 0.4) is 0 Å². The monoisotopic (exact) mass is 458 g/mol. The molecule has 0 bridgehead atoms. The molecule has 4 nitrogen and oxygen atoms in total. The molecule has 166 valence electrons. The Hall–Kier alpha value is -1.98. The van der Waals surface area contributed by atoms with Gasteiger partial charge in [-0.2, -0.15) is 0 Å². The van der Waals surface area contributed by atoms with Crippen molar-refractivity contribution in [1.29, 1.82) is 0 Å². The molecule has 0 unspecified atom stereocenters. The normalized spacial score (nSPS) is 14.9. The fourth-order valence-electron chi connectivity index (χ4n) is 3.78. The molecule has 0 aliphatic heterocycles. The largest absolute Gasteiger partial charge is 0.352 e. The van der Waals surface area contributed by atoms with E-state index >= 15 is 0 Å². The molecule has 1 atom stereocenters. The van der Waals surface area contributed by atoms with Gasteiger partial charge >= 0.3 is 0 Å². The zero-order valence-electron chi connectivity index (χ0n) is 18.3. The van der Waals surface area contributed by atoms with Crippen molar-refractivity contribution in [2.24, 2.45) is 0 Å². The molecule has 2 amide bonds. The quantitative estimate of drug-likeness (QED) is 0.550. The lowest BCUT2D eigenvalue weighted by Gasteiger charge is -2.29. The molecule has 0 saturated heterocycles. The average molecular weight is 459 g/mol. The van der Waals surface area contributed by atoms with Gasteiger partial charge in [0.1, 0.15) is 6.04 Å². The van der Waals surface area contributed by atoms with Crippen LogP contribution in [0.2, 0.25) is 5.02 Å². The molecule has 2 aromatic rings. The second-order valence-electron chi connectivity index (χ2n) is 8.29. The molecular weight excluding hydrogens is 428 g/mol. The Kier molecular flexibility index (Phi) is 8.85. The van der Waals surface area contributed by atoms with Crippen LogP contribution in [0.25, 0.3) is 0 Å². The molecule has 1 aliphatic carbocycles. The summed E-state index contributed by atoms with van der Waals surface area (Å²) in [5.74, 6) is 0.975. The summed E-state index contributed by atoms with van der Waals surface area (Å²) < 4.78 is 0. The summed E-state index contributed by atoms with van der Waals surface area (Å²) in [6.07, 6.45) is 4.38. The number of halogens is 1. The average Bonchev–Trinajstić information content (AvgIpc) is 3.27. The van der Waals surface area contributed by atoms with Crippen LogP contribution in [-0.4, -0.2) is 34.6 Å². The van der Waals surface area contributed by atoms with Crippen molar-refractivity contribution in [3.8, 4) is 0 Å². The molecule has 1 saturated carbocycles. The Morgan fingerprint density at radius 3 is 2.32 bits per heavy atom. The third-order valence-corrected chi connectivity index (χ3v) is 6.99. The first-order chi connectivity index (χ1) is 14.9. The summed E-state index contributed by atoms with van der Waals surface area (Å²) in [6.45, 7) is 4.30. The van der Waals surface area contributed by atoms with Gasteiger partial charge in [-0.1, -0.05) is 66.4 Å². The first kappa shape index (κ1) is 23.7. The zero-order chi connectivity index (χ0) is 22.2. The van der Waals surface area contributed by atoms with E-state index < -0.39 is 6.04 Å². The van der Waals surface area contributed by atoms with Gasteiger partial charge in [-0.05, 0) is 49.9 Å². The number of amides is 2. The Morgan fingerprint density at radius 2 is 1.68 bits per heavy atom. The van der Waals surface area contributed by atoms with Crippen molar-refractivity contribution >= 4 is 35.2 Å². The van der Waals surface area contributed by atoms with Crippen molar-refractivity contribution in [3.05, 3.63) is 70.2 Å². The van der Waals surface area contributed by atoms with Crippen LogP contribution in [0, 0.1) is 6.92 Å². The molecule has 0 radical (unpaired) electrons. The highest BCUT2D eigenvalue weighted by Crippen LogP contribution is 2.20. The van der Waals surface area contributed by atoms with Gasteiger partial charge in [0.25, 0.3) is 0 Å². The number of thioether (sulfide) groups is 1. The first-order valence-electron chi connectivity index (χ1n) is 10.9. The van der Waals surface area contributed by atoms with Gasteiger partial charge in [-0.25, -0.2) is 0 Å². The van der Waals surface area contributed by atoms with Crippen molar-refractivity contribution < 1.29 is 9.59 Å². The van der Waals surface area contributed by atoms with E-state index in [1.807, 2.05) is 62.4 Å². The maximum Gasteiger partial charge on any atom is 0.242 e. The van der Waals surface area contributed by atoms with Crippen molar-refractivity contribution in [2.75, 3.05) is 5.75 Å². The topological polar surface area (TPSA) is 49.4 Å². The summed E-state index contributed by atoms with van der Waals surface area (Å²) in [5, 5.41) is 3.85. The minimum atomic E-state index is -0.509. The van der Waals surface area contributed by atoms with E-state index in [2.05, 4.69) is 5.32 Å².